The Labute approximate surface area is 106 Å². The summed E-state index contributed by atoms with van der Waals surface area (Å²) >= 11 is 0. The molecule has 0 radical (unpaired) electrons. The average molecular weight is 244 g/mol. The summed E-state index contributed by atoms with van der Waals surface area (Å²) in [4.78, 5) is 8.50. The Balaban J connectivity index is 1.86. The second kappa shape index (κ2) is 4.86. The summed E-state index contributed by atoms with van der Waals surface area (Å²) in [7, 11) is 1.99. The zero-order chi connectivity index (χ0) is 12.4. The van der Waals surface area contributed by atoms with Crippen LogP contribution in [-0.4, -0.2) is 28.2 Å². The summed E-state index contributed by atoms with van der Waals surface area (Å²) in [5.41, 5.74) is 0.944. The predicted octanol–water partition coefficient (Wildman–Crippen LogP) is 1.99. The maximum Gasteiger partial charge on any atom is 0.231 e. The van der Waals surface area contributed by atoms with E-state index in [1.54, 1.807) is 12.4 Å². The fourth-order valence-corrected chi connectivity index (χ4v) is 2.61. The minimum atomic E-state index is 0.345. The predicted molar refractivity (Wildman–Crippen MR) is 67.0 cm³/mol. The first-order valence-corrected chi connectivity index (χ1v) is 6.30. The molecule has 1 fully saturated rings. The highest BCUT2D eigenvalue weighted by molar-refractivity contribution is 5.52. The molecule has 0 aliphatic heterocycles. The van der Waals surface area contributed by atoms with Crippen LogP contribution in [0.25, 0.3) is 11.4 Å². The molecule has 0 spiro atoms. The maximum atomic E-state index is 5.41. The third kappa shape index (κ3) is 2.01. The Bertz CT molecular complexity index is 511. The van der Waals surface area contributed by atoms with Crippen LogP contribution in [0.15, 0.2) is 29.0 Å². The molecule has 0 bridgehead atoms. The van der Waals surface area contributed by atoms with Crippen molar-refractivity contribution in [2.75, 3.05) is 7.05 Å². The molecule has 3 rings (SSSR count). The van der Waals surface area contributed by atoms with Crippen LogP contribution in [-0.2, 0) is 0 Å². The molecule has 5 nitrogen and oxygen atoms in total. The lowest BCUT2D eigenvalue weighted by molar-refractivity contribution is 0.335. The van der Waals surface area contributed by atoms with E-state index in [0.717, 1.165) is 17.9 Å². The minimum absolute atomic E-state index is 0.345. The van der Waals surface area contributed by atoms with Gasteiger partial charge in [0.1, 0.15) is 0 Å². The first-order chi connectivity index (χ1) is 8.88. The highest BCUT2D eigenvalue weighted by Crippen LogP contribution is 2.34. The molecule has 0 unspecified atom stereocenters. The van der Waals surface area contributed by atoms with Gasteiger partial charge >= 0.3 is 0 Å². The van der Waals surface area contributed by atoms with Gasteiger partial charge in [-0.3, -0.25) is 4.98 Å². The number of rotatable bonds is 3. The molecule has 2 heterocycles. The van der Waals surface area contributed by atoms with Gasteiger partial charge in [0.2, 0.25) is 11.7 Å². The molecule has 2 aromatic rings. The fourth-order valence-electron chi connectivity index (χ4n) is 2.61. The van der Waals surface area contributed by atoms with Crippen LogP contribution in [0.4, 0.5) is 0 Å². The normalized spacial score (nSPS) is 23.4. The number of likely N-dealkylation sites (N-methyl/N-ethyl adjacent to an activating group) is 1. The van der Waals surface area contributed by atoms with Crippen LogP contribution >= 0.6 is 0 Å². The number of hydrogen-bond donors (Lipinski definition) is 1. The number of nitrogens with zero attached hydrogens (tertiary/aromatic N) is 3. The third-order valence-corrected chi connectivity index (χ3v) is 3.58. The maximum absolute atomic E-state index is 5.41. The van der Waals surface area contributed by atoms with Gasteiger partial charge in [0.25, 0.3) is 0 Å². The summed E-state index contributed by atoms with van der Waals surface area (Å²) in [5, 5.41) is 7.38. The first-order valence-electron chi connectivity index (χ1n) is 6.30. The third-order valence-electron chi connectivity index (χ3n) is 3.58. The van der Waals surface area contributed by atoms with E-state index >= 15 is 0 Å². The Morgan fingerprint density at radius 3 is 2.89 bits per heavy atom. The fraction of sp³-hybridized carbons (Fsp3) is 0.462. The van der Waals surface area contributed by atoms with Gasteiger partial charge in [-0.2, -0.15) is 4.98 Å². The van der Waals surface area contributed by atoms with Gasteiger partial charge in [0, 0.05) is 24.0 Å². The van der Waals surface area contributed by atoms with Crippen LogP contribution in [0.1, 0.15) is 31.1 Å². The number of pyridine rings is 1. The summed E-state index contributed by atoms with van der Waals surface area (Å²) in [6.07, 6.45) is 6.97. The van der Waals surface area contributed by atoms with E-state index in [1.165, 1.54) is 12.8 Å². The Morgan fingerprint density at radius 1 is 1.28 bits per heavy atom. The van der Waals surface area contributed by atoms with Crippen LogP contribution in [0.3, 0.4) is 0 Å². The number of aromatic nitrogens is 3. The van der Waals surface area contributed by atoms with Crippen LogP contribution in [0, 0.1) is 0 Å². The van der Waals surface area contributed by atoms with Gasteiger partial charge in [0.05, 0.1) is 5.92 Å². The minimum Gasteiger partial charge on any atom is -0.339 e. The van der Waals surface area contributed by atoms with Crippen molar-refractivity contribution in [3.8, 4) is 11.4 Å². The van der Waals surface area contributed by atoms with E-state index in [-0.39, 0.29) is 0 Å². The van der Waals surface area contributed by atoms with Crippen molar-refractivity contribution < 1.29 is 4.52 Å². The van der Waals surface area contributed by atoms with Crippen molar-refractivity contribution in [1.29, 1.82) is 0 Å². The van der Waals surface area contributed by atoms with Gasteiger partial charge in [-0.05, 0) is 32.0 Å². The van der Waals surface area contributed by atoms with Crippen molar-refractivity contribution in [3.05, 3.63) is 30.4 Å². The molecule has 0 aromatic carbocycles. The van der Waals surface area contributed by atoms with E-state index in [2.05, 4.69) is 20.4 Å². The van der Waals surface area contributed by atoms with E-state index in [9.17, 15) is 0 Å². The molecule has 2 atom stereocenters. The topological polar surface area (TPSA) is 63.8 Å². The molecule has 18 heavy (non-hydrogen) atoms. The van der Waals surface area contributed by atoms with Crippen LogP contribution in [0.2, 0.25) is 0 Å². The second-order valence-electron chi connectivity index (χ2n) is 4.62. The molecule has 1 saturated carbocycles. The molecule has 1 N–H and O–H groups in total. The molecular formula is C13H16N4O. The quantitative estimate of drug-likeness (QED) is 0.894. The summed E-state index contributed by atoms with van der Waals surface area (Å²) in [6.45, 7) is 0. The first kappa shape index (κ1) is 11.3. The van der Waals surface area contributed by atoms with Gasteiger partial charge in [-0.25, -0.2) is 0 Å². The second-order valence-corrected chi connectivity index (χ2v) is 4.62. The molecule has 1 aliphatic carbocycles. The monoisotopic (exact) mass is 244 g/mol. The highest BCUT2D eigenvalue weighted by Gasteiger charge is 2.31. The zero-order valence-corrected chi connectivity index (χ0v) is 10.3. The lowest BCUT2D eigenvalue weighted by atomic mass is 10.0. The largest absolute Gasteiger partial charge is 0.339 e. The Morgan fingerprint density at radius 2 is 2.11 bits per heavy atom. The van der Waals surface area contributed by atoms with E-state index in [4.69, 9.17) is 4.52 Å². The smallest absolute Gasteiger partial charge is 0.231 e. The van der Waals surface area contributed by atoms with E-state index < -0.39 is 0 Å². The number of hydrogen-bond acceptors (Lipinski definition) is 5. The zero-order valence-electron chi connectivity index (χ0n) is 10.3. The lowest BCUT2D eigenvalue weighted by Gasteiger charge is -2.14. The summed E-state index contributed by atoms with van der Waals surface area (Å²) < 4.78 is 5.41. The molecule has 0 saturated heterocycles. The molecule has 94 valence electrons. The van der Waals surface area contributed by atoms with E-state index in [0.29, 0.717) is 17.8 Å². The standard InChI is InChI=1S/C13H16N4O/c1-14-11-4-2-3-10(11)13-16-12(17-18-13)9-5-7-15-8-6-9/h5-8,10-11,14H,2-4H2,1H3/t10-,11+/m0/s1. The Kier molecular flexibility index (Phi) is 3.06. The van der Waals surface area contributed by atoms with Crippen LogP contribution in [0.5, 0.6) is 0 Å². The number of nitrogens with one attached hydrogen (secondary N) is 1. The highest BCUT2D eigenvalue weighted by atomic mass is 16.5. The van der Waals surface area contributed by atoms with Crippen molar-refractivity contribution in [2.45, 2.75) is 31.2 Å². The summed E-state index contributed by atoms with van der Waals surface area (Å²) in [6, 6.07) is 4.23. The van der Waals surface area contributed by atoms with Crippen molar-refractivity contribution in [3.63, 3.8) is 0 Å². The van der Waals surface area contributed by atoms with Gasteiger partial charge in [-0.1, -0.05) is 11.6 Å². The molecule has 0 amide bonds. The molecule has 2 aromatic heterocycles. The van der Waals surface area contributed by atoms with Crippen molar-refractivity contribution in [1.82, 2.24) is 20.4 Å². The van der Waals surface area contributed by atoms with Gasteiger partial charge in [0.15, 0.2) is 0 Å². The van der Waals surface area contributed by atoms with E-state index in [1.807, 2.05) is 19.2 Å². The SMILES string of the molecule is CN[C@@H]1CCC[C@@H]1c1nc(-c2ccncc2)no1. The van der Waals surface area contributed by atoms with Crippen molar-refractivity contribution in [2.24, 2.45) is 0 Å². The summed E-state index contributed by atoms with van der Waals surface area (Å²) in [5.74, 6) is 1.74. The van der Waals surface area contributed by atoms with Gasteiger partial charge < -0.3 is 9.84 Å². The average Bonchev–Trinajstić information content (AvgIpc) is 3.08. The van der Waals surface area contributed by atoms with Crippen molar-refractivity contribution >= 4 is 0 Å². The van der Waals surface area contributed by atoms with Crippen LogP contribution < -0.4 is 5.32 Å². The van der Waals surface area contributed by atoms with Gasteiger partial charge in [-0.15, -0.1) is 0 Å². The Hall–Kier alpha value is -1.75. The lowest BCUT2D eigenvalue weighted by Crippen LogP contribution is -2.27. The molecule has 1 aliphatic rings. The molecule has 5 heteroatoms. The molecular weight excluding hydrogens is 228 g/mol.